The predicted molar refractivity (Wildman–Crippen MR) is 155 cm³/mol. The van der Waals surface area contributed by atoms with Crippen LogP contribution >= 0.6 is 0 Å². The van der Waals surface area contributed by atoms with E-state index < -0.39 is 0 Å². The van der Waals surface area contributed by atoms with Gasteiger partial charge in [0.1, 0.15) is 23.9 Å². The van der Waals surface area contributed by atoms with Crippen molar-refractivity contribution in [2.24, 2.45) is 0 Å². The molecule has 0 unspecified atom stereocenters. The summed E-state index contributed by atoms with van der Waals surface area (Å²) in [5, 5.41) is 20.3. The summed E-state index contributed by atoms with van der Waals surface area (Å²) in [7, 11) is 0. The number of likely N-dealkylation sites (tertiary alicyclic amines) is 1. The van der Waals surface area contributed by atoms with Crippen LogP contribution in [0.25, 0.3) is 0 Å². The molecular formula is C33H42N2O3. The van der Waals surface area contributed by atoms with E-state index in [0.717, 1.165) is 56.9 Å². The lowest BCUT2D eigenvalue weighted by Crippen LogP contribution is -2.29. The van der Waals surface area contributed by atoms with Gasteiger partial charge < -0.3 is 19.8 Å². The fourth-order valence-corrected chi connectivity index (χ4v) is 6.09. The first-order valence-corrected chi connectivity index (χ1v) is 14.4. The Labute approximate surface area is 227 Å². The zero-order valence-corrected chi connectivity index (χ0v) is 22.7. The van der Waals surface area contributed by atoms with E-state index >= 15 is 0 Å². The lowest BCUT2D eigenvalue weighted by atomic mass is 9.79. The molecule has 1 saturated heterocycles. The second kappa shape index (κ2) is 12.6. The van der Waals surface area contributed by atoms with E-state index in [-0.39, 0.29) is 0 Å². The summed E-state index contributed by atoms with van der Waals surface area (Å²) in [6, 6.07) is 20.1. The highest BCUT2D eigenvalue weighted by atomic mass is 16.5. The highest BCUT2D eigenvalue weighted by Gasteiger charge is 2.24. The molecule has 0 bridgehead atoms. The summed E-state index contributed by atoms with van der Waals surface area (Å²) in [5.41, 5.74) is 6.19. The zero-order valence-electron chi connectivity index (χ0n) is 22.7. The first-order chi connectivity index (χ1) is 18.6. The van der Waals surface area contributed by atoms with Crippen molar-refractivity contribution < 1.29 is 14.9 Å². The predicted octanol–water partition coefficient (Wildman–Crippen LogP) is 6.65. The molecule has 5 nitrogen and oxygen atoms in total. The smallest absolute Gasteiger partial charge is 0.119 e. The summed E-state index contributed by atoms with van der Waals surface area (Å²) >= 11 is 0. The monoisotopic (exact) mass is 514 g/mol. The number of rotatable bonds is 9. The van der Waals surface area contributed by atoms with Gasteiger partial charge in [0.15, 0.2) is 0 Å². The van der Waals surface area contributed by atoms with Crippen LogP contribution in [0.3, 0.4) is 0 Å². The van der Waals surface area contributed by atoms with Gasteiger partial charge in [-0.15, -0.1) is 0 Å². The van der Waals surface area contributed by atoms with E-state index in [1.165, 1.54) is 61.0 Å². The van der Waals surface area contributed by atoms with Crippen molar-refractivity contribution in [3.05, 3.63) is 82.9 Å². The number of hydrogen-bond donors (Lipinski definition) is 2. The van der Waals surface area contributed by atoms with Gasteiger partial charge in [-0.1, -0.05) is 37.1 Å². The van der Waals surface area contributed by atoms with Crippen molar-refractivity contribution >= 4 is 5.69 Å². The number of benzene rings is 3. The molecule has 2 aliphatic rings. The molecule has 1 heterocycles. The lowest BCUT2D eigenvalue weighted by Gasteiger charge is -2.31. The third-order valence-corrected chi connectivity index (χ3v) is 8.27. The highest BCUT2D eigenvalue weighted by Crippen LogP contribution is 2.40. The van der Waals surface area contributed by atoms with Gasteiger partial charge in [0.05, 0.1) is 0 Å². The Morgan fingerprint density at radius 2 is 1.61 bits per heavy atom. The number of nitrogens with zero attached hydrogens (tertiary/aromatic N) is 2. The molecule has 202 valence electrons. The Bertz CT molecular complexity index is 1190. The minimum atomic E-state index is 0.302. The van der Waals surface area contributed by atoms with E-state index in [0.29, 0.717) is 17.4 Å². The van der Waals surface area contributed by atoms with Crippen molar-refractivity contribution in [3.8, 4) is 17.2 Å². The maximum absolute atomic E-state index is 10.4. The van der Waals surface area contributed by atoms with Crippen LogP contribution in [0.5, 0.6) is 17.2 Å². The second-order valence-corrected chi connectivity index (χ2v) is 10.9. The Morgan fingerprint density at radius 3 is 2.37 bits per heavy atom. The summed E-state index contributed by atoms with van der Waals surface area (Å²) in [5.74, 6) is 1.96. The first-order valence-electron chi connectivity index (χ1n) is 14.4. The molecule has 0 saturated carbocycles. The van der Waals surface area contributed by atoms with Crippen LogP contribution in [-0.4, -0.2) is 47.9 Å². The fourth-order valence-electron chi connectivity index (χ4n) is 6.09. The molecule has 1 fully saturated rings. The van der Waals surface area contributed by atoms with Crippen LogP contribution in [0.15, 0.2) is 60.7 Å². The fraction of sp³-hybridized carbons (Fsp3) is 0.455. The maximum atomic E-state index is 10.4. The topological polar surface area (TPSA) is 56.2 Å². The van der Waals surface area contributed by atoms with Gasteiger partial charge in [0.25, 0.3) is 0 Å². The van der Waals surface area contributed by atoms with E-state index in [4.69, 9.17) is 4.74 Å². The largest absolute Gasteiger partial charge is 0.508 e. The first kappa shape index (κ1) is 26.4. The molecule has 2 N–H and O–H groups in total. The molecule has 3 aromatic rings. The number of phenolic OH excluding ortho intramolecular Hbond substituents is 2. The molecule has 5 rings (SSSR count). The molecule has 3 aromatic carbocycles. The number of anilines is 1. The summed E-state index contributed by atoms with van der Waals surface area (Å²) in [6.45, 7) is 7.93. The average Bonchev–Trinajstić information content (AvgIpc) is 3.21. The van der Waals surface area contributed by atoms with Gasteiger partial charge in [-0.05, 0) is 111 Å². The normalized spacial score (nSPS) is 18.0. The standard InChI is InChI=1S/C33H42N2O3/c1-2-35(24-25-7-14-31(15-8-25)38-20-19-34-17-5-3-4-6-18-34)33-23-30(37)13-16-32(33)28-10-9-27-22-29(36)12-11-26(27)21-28/h7-8,11-16,22-23,28,36-37H,2-6,9-10,17-21,24H2,1H3/t28-/m1/s1. The van der Waals surface area contributed by atoms with Crippen LogP contribution in [0.4, 0.5) is 5.69 Å². The van der Waals surface area contributed by atoms with E-state index in [2.05, 4.69) is 53.1 Å². The quantitative estimate of drug-likeness (QED) is 0.335. The number of fused-ring (bicyclic) bond motifs is 1. The van der Waals surface area contributed by atoms with Crippen LogP contribution in [0.2, 0.25) is 0 Å². The molecule has 1 aliphatic heterocycles. The van der Waals surface area contributed by atoms with Crippen LogP contribution in [0, 0.1) is 0 Å². The minimum absolute atomic E-state index is 0.302. The third-order valence-electron chi connectivity index (χ3n) is 8.27. The van der Waals surface area contributed by atoms with Crippen molar-refractivity contribution in [3.63, 3.8) is 0 Å². The molecule has 1 aliphatic carbocycles. The van der Waals surface area contributed by atoms with Crippen LogP contribution < -0.4 is 9.64 Å². The molecule has 0 spiro atoms. The molecule has 0 aromatic heterocycles. The highest BCUT2D eigenvalue weighted by molar-refractivity contribution is 5.59. The maximum Gasteiger partial charge on any atom is 0.119 e. The van der Waals surface area contributed by atoms with Gasteiger partial charge in [-0.25, -0.2) is 0 Å². The van der Waals surface area contributed by atoms with Gasteiger partial charge in [0, 0.05) is 31.4 Å². The SMILES string of the molecule is CCN(Cc1ccc(OCCN2CCCCCC2)cc1)c1cc(O)ccc1[C@@H]1CCc2cc(O)ccc2C1. The summed E-state index contributed by atoms with van der Waals surface area (Å²) < 4.78 is 6.07. The van der Waals surface area contributed by atoms with Crippen molar-refractivity contribution in [2.75, 3.05) is 37.7 Å². The molecule has 0 amide bonds. The average molecular weight is 515 g/mol. The van der Waals surface area contributed by atoms with Crippen molar-refractivity contribution in [2.45, 2.75) is 64.3 Å². The summed E-state index contributed by atoms with van der Waals surface area (Å²) in [4.78, 5) is 4.89. The third kappa shape index (κ3) is 6.63. The number of aryl methyl sites for hydroxylation is 1. The van der Waals surface area contributed by atoms with Gasteiger partial charge in [-0.3, -0.25) is 4.90 Å². The zero-order chi connectivity index (χ0) is 26.3. The number of aromatic hydroxyl groups is 2. The molecule has 1 atom stereocenters. The molecule has 5 heteroatoms. The Hall–Kier alpha value is -3.18. The Kier molecular flexibility index (Phi) is 8.75. The molecule has 38 heavy (non-hydrogen) atoms. The molecular weight excluding hydrogens is 472 g/mol. The number of phenols is 2. The van der Waals surface area contributed by atoms with E-state index in [1.54, 1.807) is 6.07 Å². The van der Waals surface area contributed by atoms with Crippen molar-refractivity contribution in [1.29, 1.82) is 0 Å². The Morgan fingerprint density at radius 1 is 0.868 bits per heavy atom. The lowest BCUT2D eigenvalue weighted by molar-refractivity contribution is 0.214. The van der Waals surface area contributed by atoms with Gasteiger partial charge in [0.2, 0.25) is 0 Å². The molecule has 0 radical (unpaired) electrons. The second-order valence-electron chi connectivity index (χ2n) is 10.9. The Balaban J connectivity index is 1.24. The minimum Gasteiger partial charge on any atom is -0.508 e. The number of hydrogen-bond acceptors (Lipinski definition) is 5. The summed E-state index contributed by atoms with van der Waals surface area (Å²) in [6.07, 6.45) is 8.28. The van der Waals surface area contributed by atoms with E-state index in [9.17, 15) is 10.2 Å². The number of ether oxygens (including phenoxy) is 1. The van der Waals surface area contributed by atoms with Crippen LogP contribution in [0.1, 0.15) is 67.2 Å². The van der Waals surface area contributed by atoms with Gasteiger partial charge in [-0.2, -0.15) is 0 Å². The van der Waals surface area contributed by atoms with Crippen molar-refractivity contribution in [1.82, 2.24) is 4.90 Å². The van der Waals surface area contributed by atoms with Crippen LogP contribution in [-0.2, 0) is 19.4 Å². The van der Waals surface area contributed by atoms with E-state index in [1.807, 2.05) is 18.2 Å². The van der Waals surface area contributed by atoms with Gasteiger partial charge >= 0.3 is 0 Å².